The molecule has 3 N–H and O–H groups in total. The molecule has 0 saturated carbocycles. The monoisotopic (exact) mass is 342 g/mol. The number of halogens is 1. The van der Waals surface area contributed by atoms with Crippen molar-refractivity contribution in [1.29, 1.82) is 0 Å². The Kier molecular flexibility index (Phi) is 4.60. The number of allylic oxidation sites excluding steroid dienone is 2. The molecular weight excluding hydrogens is 328 g/mol. The van der Waals surface area contributed by atoms with Crippen molar-refractivity contribution in [2.24, 2.45) is 0 Å². The Morgan fingerprint density at radius 3 is 2.73 bits per heavy atom. The summed E-state index contributed by atoms with van der Waals surface area (Å²) in [6.45, 7) is 1.45. The molecule has 0 aromatic heterocycles. The molecule has 1 atom stereocenters. The van der Waals surface area contributed by atoms with Crippen LogP contribution in [0.1, 0.15) is 12.5 Å². The van der Waals surface area contributed by atoms with Crippen LogP contribution >= 0.6 is 11.6 Å². The summed E-state index contributed by atoms with van der Waals surface area (Å²) in [5.74, 6) is -1.56. The highest BCUT2D eigenvalue weighted by atomic mass is 35.5. The van der Waals surface area contributed by atoms with Gasteiger partial charge in [0, 0.05) is 5.02 Å². The topological polar surface area (TPSA) is 95.5 Å². The molecule has 1 aliphatic heterocycles. The highest BCUT2D eigenvalue weighted by Crippen LogP contribution is 2.22. The van der Waals surface area contributed by atoms with Gasteiger partial charge in [-0.1, -0.05) is 29.8 Å². The van der Waals surface area contributed by atoms with Gasteiger partial charge in [-0.3, -0.25) is 0 Å². The van der Waals surface area contributed by atoms with Crippen molar-refractivity contribution in [3.63, 3.8) is 0 Å². The highest BCUT2D eigenvalue weighted by Gasteiger charge is 2.37. The van der Waals surface area contributed by atoms with E-state index in [-0.39, 0.29) is 11.3 Å². The predicted octanol–water partition coefficient (Wildman–Crippen LogP) is 1.60. The van der Waals surface area contributed by atoms with Gasteiger partial charge in [0.25, 0.3) is 0 Å². The lowest BCUT2D eigenvalue weighted by Gasteiger charge is -2.33. The number of aliphatic carboxylic acids is 1. The molecular formula is C14H15ClN2O4S. The molecule has 0 fully saturated rings. The van der Waals surface area contributed by atoms with Gasteiger partial charge >= 0.3 is 5.97 Å². The van der Waals surface area contributed by atoms with E-state index in [9.17, 15) is 18.3 Å². The van der Waals surface area contributed by atoms with Crippen molar-refractivity contribution in [3.05, 3.63) is 58.8 Å². The number of dihydropyridines is 1. The minimum Gasteiger partial charge on any atom is -0.478 e. The number of benzene rings is 1. The Balaban J connectivity index is 2.25. The van der Waals surface area contributed by atoms with Crippen molar-refractivity contribution < 1.29 is 18.3 Å². The highest BCUT2D eigenvalue weighted by molar-refractivity contribution is 7.88. The van der Waals surface area contributed by atoms with Crippen molar-refractivity contribution >= 4 is 27.6 Å². The van der Waals surface area contributed by atoms with E-state index in [2.05, 4.69) is 10.0 Å². The van der Waals surface area contributed by atoms with Crippen molar-refractivity contribution in [3.8, 4) is 0 Å². The van der Waals surface area contributed by atoms with E-state index in [0.717, 1.165) is 0 Å². The molecule has 1 unspecified atom stereocenters. The molecule has 0 saturated heterocycles. The molecule has 6 nitrogen and oxygen atoms in total. The largest absolute Gasteiger partial charge is 0.478 e. The molecule has 22 heavy (non-hydrogen) atoms. The van der Waals surface area contributed by atoms with Crippen LogP contribution in [0.2, 0.25) is 5.02 Å². The van der Waals surface area contributed by atoms with Crippen LogP contribution in [0.15, 0.2) is 48.2 Å². The third kappa shape index (κ3) is 3.68. The summed E-state index contributed by atoms with van der Waals surface area (Å²) < 4.78 is 27.1. The van der Waals surface area contributed by atoms with Crippen LogP contribution < -0.4 is 10.0 Å². The fraction of sp³-hybridized carbons (Fsp3) is 0.214. The fourth-order valence-corrected chi connectivity index (χ4v) is 3.95. The van der Waals surface area contributed by atoms with Crippen molar-refractivity contribution in [2.45, 2.75) is 18.3 Å². The van der Waals surface area contributed by atoms with Crippen molar-refractivity contribution in [1.82, 2.24) is 10.0 Å². The van der Waals surface area contributed by atoms with E-state index in [1.165, 1.54) is 25.3 Å². The zero-order chi connectivity index (χ0) is 16.4. The molecule has 0 amide bonds. The van der Waals surface area contributed by atoms with Crippen LogP contribution in [-0.2, 0) is 20.6 Å². The van der Waals surface area contributed by atoms with Gasteiger partial charge in [0.1, 0.15) is 5.66 Å². The summed E-state index contributed by atoms with van der Waals surface area (Å²) in [6, 6.07) is 6.58. The van der Waals surface area contributed by atoms with E-state index in [4.69, 9.17) is 11.6 Å². The first kappa shape index (κ1) is 16.5. The van der Waals surface area contributed by atoms with Crippen LogP contribution in [0, 0.1) is 0 Å². The zero-order valence-electron chi connectivity index (χ0n) is 11.7. The van der Waals surface area contributed by atoms with Gasteiger partial charge in [-0.25, -0.2) is 13.2 Å². The van der Waals surface area contributed by atoms with Gasteiger partial charge < -0.3 is 10.4 Å². The first-order valence-corrected chi connectivity index (χ1v) is 8.40. The normalized spacial score (nSPS) is 21.1. The maximum Gasteiger partial charge on any atom is 0.335 e. The van der Waals surface area contributed by atoms with Gasteiger partial charge in [-0.05, 0) is 36.9 Å². The summed E-state index contributed by atoms with van der Waals surface area (Å²) in [7, 11) is -3.82. The van der Waals surface area contributed by atoms with E-state index in [1.807, 2.05) is 0 Å². The van der Waals surface area contributed by atoms with Gasteiger partial charge in [-0.15, -0.1) is 0 Å². The Morgan fingerprint density at radius 1 is 1.41 bits per heavy atom. The average Bonchev–Trinajstić information content (AvgIpc) is 2.40. The lowest BCUT2D eigenvalue weighted by Crippen LogP contribution is -2.58. The van der Waals surface area contributed by atoms with Crippen LogP contribution in [0.4, 0.5) is 0 Å². The molecule has 1 heterocycles. The molecule has 0 spiro atoms. The Hall–Kier alpha value is -1.83. The number of carboxylic acid groups (broad SMARTS) is 1. The van der Waals surface area contributed by atoms with Gasteiger partial charge in [-0.2, -0.15) is 4.72 Å². The molecule has 118 valence electrons. The standard InChI is InChI=1S/C14H15ClN2O4S/c1-14(11(13(18)19)6-4-8-16-14)17-22(20,21)9-10-5-2-3-7-12(10)15/h2-8,16-17H,9H2,1H3,(H,18,19). The number of hydrogen-bond donors (Lipinski definition) is 3. The quantitative estimate of drug-likeness (QED) is 0.755. The van der Waals surface area contributed by atoms with E-state index in [0.29, 0.717) is 10.6 Å². The lowest BCUT2D eigenvalue weighted by atomic mass is 10.0. The molecule has 1 aliphatic rings. The molecule has 2 rings (SSSR count). The SMILES string of the molecule is CC1(NS(=O)(=O)Cc2ccccc2Cl)NC=CC=C1C(=O)O. The maximum atomic E-state index is 12.3. The van der Waals surface area contributed by atoms with E-state index >= 15 is 0 Å². The summed E-state index contributed by atoms with van der Waals surface area (Å²) in [5.41, 5.74) is -1.09. The van der Waals surface area contributed by atoms with Crippen molar-refractivity contribution in [2.75, 3.05) is 0 Å². The molecule has 0 bridgehead atoms. The number of rotatable bonds is 5. The number of carboxylic acids is 1. The van der Waals surface area contributed by atoms with Gasteiger partial charge in [0.2, 0.25) is 10.0 Å². The molecule has 0 radical (unpaired) electrons. The summed E-state index contributed by atoms with van der Waals surface area (Å²) in [6.07, 6.45) is 4.31. The molecule has 1 aromatic rings. The number of nitrogens with one attached hydrogen (secondary N) is 2. The first-order valence-electron chi connectivity index (χ1n) is 6.37. The Labute approximate surface area is 133 Å². The minimum absolute atomic E-state index is 0.0993. The predicted molar refractivity (Wildman–Crippen MR) is 83.6 cm³/mol. The average molecular weight is 343 g/mol. The summed E-state index contributed by atoms with van der Waals surface area (Å²) in [4.78, 5) is 11.3. The third-order valence-corrected chi connectivity index (χ3v) is 4.94. The van der Waals surface area contributed by atoms with E-state index < -0.39 is 21.7 Å². The second kappa shape index (κ2) is 6.12. The van der Waals surface area contributed by atoms with Gasteiger partial charge in [0.15, 0.2) is 0 Å². The molecule has 0 aliphatic carbocycles. The van der Waals surface area contributed by atoms with E-state index in [1.54, 1.807) is 24.3 Å². The third-order valence-electron chi connectivity index (χ3n) is 3.16. The smallest absolute Gasteiger partial charge is 0.335 e. The second-order valence-corrected chi connectivity index (χ2v) is 7.10. The first-order chi connectivity index (χ1) is 10.2. The van der Waals surface area contributed by atoms with Crippen LogP contribution in [0.25, 0.3) is 0 Å². The molecule has 1 aromatic carbocycles. The van der Waals surface area contributed by atoms with Gasteiger partial charge in [0.05, 0.1) is 11.3 Å². The number of carbonyl (C=O) groups is 1. The number of hydrogen-bond acceptors (Lipinski definition) is 4. The zero-order valence-corrected chi connectivity index (χ0v) is 13.3. The maximum absolute atomic E-state index is 12.3. The molecule has 8 heteroatoms. The minimum atomic E-state index is -3.82. The van der Waals surface area contributed by atoms with Crippen LogP contribution in [-0.4, -0.2) is 25.2 Å². The van der Waals surface area contributed by atoms with Crippen LogP contribution in [0.5, 0.6) is 0 Å². The lowest BCUT2D eigenvalue weighted by molar-refractivity contribution is -0.133. The Morgan fingerprint density at radius 2 is 2.09 bits per heavy atom. The number of sulfonamides is 1. The van der Waals surface area contributed by atoms with Crippen LogP contribution in [0.3, 0.4) is 0 Å². The Bertz CT molecular complexity index is 758. The second-order valence-electron chi connectivity index (χ2n) is 4.97. The summed E-state index contributed by atoms with van der Waals surface area (Å²) in [5, 5.41) is 12.3. The fourth-order valence-electron chi connectivity index (χ4n) is 2.14. The summed E-state index contributed by atoms with van der Waals surface area (Å²) >= 11 is 5.96.